The van der Waals surface area contributed by atoms with Crippen LogP contribution in [0.4, 0.5) is 0 Å². The van der Waals surface area contributed by atoms with Crippen molar-refractivity contribution in [1.82, 2.24) is 9.97 Å². The lowest BCUT2D eigenvalue weighted by Crippen LogP contribution is -2.14. The van der Waals surface area contributed by atoms with Gasteiger partial charge < -0.3 is 10.2 Å². The van der Waals surface area contributed by atoms with E-state index in [0.29, 0.717) is 16.6 Å². The maximum atomic E-state index is 9.05. The Hall–Kier alpha value is -1.16. The molecule has 1 heterocycles. The van der Waals surface area contributed by atoms with Crippen LogP contribution in [0.5, 0.6) is 0 Å². The molecule has 0 spiro atoms. The zero-order valence-corrected chi connectivity index (χ0v) is 8.11. The smallest absolute Gasteiger partial charge is 0.188 e. The van der Waals surface area contributed by atoms with Gasteiger partial charge in [-0.1, -0.05) is 11.8 Å². The van der Waals surface area contributed by atoms with Crippen molar-refractivity contribution in [3.8, 4) is 6.07 Å². The molecule has 6 heteroatoms. The molecule has 0 amide bonds. The normalized spacial score (nSPS) is 12.1. The number of aliphatic hydroxyl groups is 2. The summed E-state index contributed by atoms with van der Waals surface area (Å²) in [7, 11) is 0. The molecule has 0 aromatic carbocycles. The summed E-state index contributed by atoms with van der Waals surface area (Å²) >= 11 is 1.20. The Labute approximate surface area is 85.4 Å². The van der Waals surface area contributed by atoms with Crippen molar-refractivity contribution in [2.45, 2.75) is 11.3 Å². The molecule has 1 aromatic heterocycles. The van der Waals surface area contributed by atoms with E-state index in [-0.39, 0.29) is 6.61 Å². The molecule has 0 aliphatic carbocycles. The van der Waals surface area contributed by atoms with Crippen LogP contribution in [0.1, 0.15) is 5.69 Å². The standard InChI is InChI=1S/C8H9N3O2S/c9-3-6-1-2-10-8(11-6)14-5-7(13)4-12/h1-2,7,12-13H,4-5H2. The summed E-state index contributed by atoms with van der Waals surface area (Å²) in [6.45, 7) is -0.287. The molecule has 2 N–H and O–H groups in total. The third-order valence-corrected chi connectivity index (χ3v) is 2.37. The summed E-state index contributed by atoms with van der Waals surface area (Å²) in [6, 6.07) is 3.40. The molecule has 0 radical (unpaired) electrons. The lowest BCUT2D eigenvalue weighted by Gasteiger charge is -2.04. The molecule has 14 heavy (non-hydrogen) atoms. The predicted octanol–water partition coefficient (Wildman–Crippen LogP) is -0.206. The van der Waals surface area contributed by atoms with Crippen molar-refractivity contribution in [1.29, 1.82) is 5.26 Å². The van der Waals surface area contributed by atoms with E-state index < -0.39 is 6.10 Å². The minimum Gasteiger partial charge on any atom is -0.394 e. The molecule has 0 saturated carbocycles. The molecule has 0 fully saturated rings. The summed E-state index contributed by atoms with van der Waals surface area (Å²) in [6.07, 6.45) is 0.702. The van der Waals surface area contributed by atoms with Crippen LogP contribution >= 0.6 is 11.8 Å². The van der Waals surface area contributed by atoms with Gasteiger partial charge in [0.15, 0.2) is 5.16 Å². The summed E-state index contributed by atoms with van der Waals surface area (Å²) in [5, 5.41) is 26.6. The largest absolute Gasteiger partial charge is 0.394 e. The maximum Gasteiger partial charge on any atom is 0.188 e. The van der Waals surface area contributed by atoms with Crippen LogP contribution in [0.15, 0.2) is 17.4 Å². The summed E-state index contributed by atoms with van der Waals surface area (Å²) in [5.41, 5.74) is 0.293. The molecule has 1 rings (SSSR count). The quantitative estimate of drug-likeness (QED) is 0.529. The molecule has 1 aromatic rings. The predicted molar refractivity (Wildman–Crippen MR) is 50.6 cm³/mol. The Morgan fingerprint density at radius 2 is 2.43 bits per heavy atom. The van der Waals surface area contributed by atoms with Crippen molar-refractivity contribution in [3.63, 3.8) is 0 Å². The maximum absolute atomic E-state index is 9.05. The lowest BCUT2D eigenvalue weighted by molar-refractivity contribution is 0.113. The number of hydrogen-bond acceptors (Lipinski definition) is 6. The van der Waals surface area contributed by atoms with Gasteiger partial charge in [0.2, 0.25) is 0 Å². The number of aliphatic hydroxyl groups excluding tert-OH is 2. The average Bonchev–Trinajstić information content (AvgIpc) is 2.26. The highest BCUT2D eigenvalue weighted by Crippen LogP contribution is 2.13. The van der Waals surface area contributed by atoms with E-state index in [0.717, 1.165) is 0 Å². The van der Waals surface area contributed by atoms with E-state index in [1.54, 1.807) is 0 Å². The Kier molecular flexibility index (Phi) is 4.32. The first-order valence-corrected chi connectivity index (χ1v) is 4.89. The minimum absolute atomic E-state index is 0.287. The van der Waals surface area contributed by atoms with Gasteiger partial charge in [0.1, 0.15) is 11.8 Å². The molecule has 5 nitrogen and oxygen atoms in total. The number of rotatable bonds is 4. The Morgan fingerprint density at radius 1 is 1.64 bits per heavy atom. The molecule has 0 bridgehead atoms. The Balaban J connectivity index is 2.55. The topological polar surface area (TPSA) is 90.0 Å². The van der Waals surface area contributed by atoms with Crippen LogP contribution < -0.4 is 0 Å². The molecule has 1 unspecified atom stereocenters. The van der Waals surface area contributed by atoms with Gasteiger partial charge in [-0.2, -0.15) is 5.26 Å². The van der Waals surface area contributed by atoms with Gasteiger partial charge in [0, 0.05) is 11.9 Å². The van der Waals surface area contributed by atoms with Crippen molar-refractivity contribution in [2.75, 3.05) is 12.4 Å². The fraction of sp³-hybridized carbons (Fsp3) is 0.375. The minimum atomic E-state index is -0.783. The highest BCUT2D eigenvalue weighted by molar-refractivity contribution is 7.99. The number of nitrogens with zero attached hydrogens (tertiary/aromatic N) is 3. The van der Waals surface area contributed by atoms with Crippen LogP contribution in [-0.2, 0) is 0 Å². The highest BCUT2D eigenvalue weighted by Gasteiger charge is 2.05. The Bertz CT molecular complexity index is 340. The SMILES string of the molecule is N#Cc1ccnc(SCC(O)CO)n1. The monoisotopic (exact) mass is 211 g/mol. The van der Waals surface area contributed by atoms with Gasteiger partial charge in [-0.3, -0.25) is 0 Å². The van der Waals surface area contributed by atoms with Crippen LogP contribution in [0.3, 0.4) is 0 Å². The number of thioether (sulfide) groups is 1. The second-order valence-electron chi connectivity index (χ2n) is 2.48. The van der Waals surface area contributed by atoms with Crippen molar-refractivity contribution in [2.24, 2.45) is 0 Å². The molecule has 0 aliphatic heterocycles. The summed E-state index contributed by atoms with van der Waals surface area (Å²) in [5.74, 6) is 0.311. The molecule has 74 valence electrons. The van der Waals surface area contributed by atoms with E-state index in [9.17, 15) is 0 Å². The molecule has 0 aliphatic rings. The first kappa shape index (κ1) is 10.9. The van der Waals surface area contributed by atoms with Gasteiger partial charge in [-0.15, -0.1) is 0 Å². The zero-order chi connectivity index (χ0) is 10.4. The van der Waals surface area contributed by atoms with Gasteiger partial charge in [-0.05, 0) is 6.07 Å². The first-order chi connectivity index (χ1) is 6.76. The third kappa shape index (κ3) is 3.30. The van der Waals surface area contributed by atoms with Crippen molar-refractivity contribution >= 4 is 11.8 Å². The van der Waals surface area contributed by atoms with E-state index in [2.05, 4.69) is 9.97 Å². The lowest BCUT2D eigenvalue weighted by atomic mass is 10.4. The van der Waals surface area contributed by atoms with E-state index >= 15 is 0 Å². The van der Waals surface area contributed by atoms with Crippen molar-refractivity contribution < 1.29 is 10.2 Å². The summed E-state index contributed by atoms with van der Waals surface area (Å²) in [4.78, 5) is 7.80. The van der Waals surface area contributed by atoms with Gasteiger partial charge in [0.05, 0.1) is 12.7 Å². The van der Waals surface area contributed by atoms with Crippen LogP contribution in [0.25, 0.3) is 0 Å². The van der Waals surface area contributed by atoms with Gasteiger partial charge >= 0.3 is 0 Å². The fourth-order valence-corrected chi connectivity index (χ4v) is 1.44. The number of hydrogen-bond donors (Lipinski definition) is 2. The third-order valence-electron chi connectivity index (χ3n) is 1.36. The molecular formula is C8H9N3O2S. The second-order valence-corrected chi connectivity index (χ2v) is 3.47. The highest BCUT2D eigenvalue weighted by atomic mass is 32.2. The van der Waals surface area contributed by atoms with E-state index in [1.165, 1.54) is 24.0 Å². The van der Waals surface area contributed by atoms with E-state index in [4.69, 9.17) is 15.5 Å². The molecular weight excluding hydrogens is 202 g/mol. The average molecular weight is 211 g/mol. The van der Waals surface area contributed by atoms with Gasteiger partial charge in [0.25, 0.3) is 0 Å². The second kappa shape index (κ2) is 5.54. The fourth-order valence-electron chi connectivity index (χ4n) is 0.696. The zero-order valence-electron chi connectivity index (χ0n) is 7.29. The number of nitriles is 1. The van der Waals surface area contributed by atoms with Crippen molar-refractivity contribution in [3.05, 3.63) is 18.0 Å². The van der Waals surface area contributed by atoms with Crippen LogP contribution in [0.2, 0.25) is 0 Å². The number of aromatic nitrogens is 2. The first-order valence-electron chi connectivity index (χ1n) is 3.91. The molecule has 1 atom stereocenters. The van der Waals surface area contributed by atoms with E-state index in [1.807, 2.05) is 6.07 Å². The van der Waals surface area contributed by atoms with Crippen LogP contribution in [-0.4, -0.2) is 38.6 Å². The van der Waals surface area contributed by atoms with Gasteiger partial charge in [-0.25, -0.2) is 9.97 Å². The Morgan fingerprint density at radius 3 is 3.07 bits per heavy atom. The summed E-state index contributed by atoms with van der Waals surface area (Å²) < 4.78 is 0. The molecule has 0 saturated heterocycles. The van der Waals surface area contributed by atoms with Crippen LogP contribution in [0, 0.1) is 11.3 Å².